The van der Waals surface area contributed by atoms with E-state index in [0.29, 0.717) is 0 Å². The highest BCUT2D eigenvalue weighted by atomic mass is 19.4. The molecule has 0 spiro atoms. The number of aliphatic hydroxyl groups is 1. The molecule has 1 heterocycles. The zero-order valence-electron chi connectivity index (χ0n) is 10.4. The smallest absolute Gasteiger partial charge is 0.391 e. The first kappa shape index (κ1) is 14.0. The van der Waals surface area contributed by atoms with Crippen molar-refractivity contribution in [2.75, 3.05) is 7.11 Å². The van der Waals surface area contributed by atoms with Crippen LogP contribution in [0, 0.1) is 5.92 Å². The number of ether oxygens (including phenoxy) is 1. The molecule has 0 radical (unpaired) electrons. The molecule has 1 aromatic rings. The van der Waals surface area contributed by atoms with Gasteiger partial charge in [-0.05, 0) is 25.7 Å². The second-order valence-corrected chi connectivity index (χ2v) is 4.76. The lowest BCUT2D eigenvalue weighted by atomic mass is 9.77. The van der Waals surface area contributed by atoms with Gasteiger partial charge in [-0.3, -0.25) is 4.98 Å². The second-order valence-electron chi connectivity index (χ2n) is 4.76. The Labute approximate surface area is 108 Å². The van der Waals surface area contributed by atoms with Crippen LogP contribution in [0.5, 0.6) is 5.88 Å². The van der Waals surface area contributed by atoms with Gasteiger partial charge in [0.2, 0.25) is 5.88 Å². The molecule has 0 aliphatic heterocycles. The van der Waals surface area contributed by atoms with Crippen molar-refractivity contribution in [1.82, 2.24) is 9.97 Å². The van der Waals surface area contributed by atoms with E-state index < -0.39 is 17.7 Å². The average molecular weight is 276 g/mol. The van der Waals surface area contributed by atoms with E-state index in [4.69, 9.17) is 4.74 Å². The molecule has 0 unspecified atom stereocenters. The predicted octanol–water partition coefficient (Wildman–Crippen LogP) is 2.43. The van der Waals surface area contributed by atoms with Gasteiger partial charge in [-0.15, -0.1) is 0 Å². The minimum Gasteiger partial charge on any atom is -0.480 e. The normalized spacial score (nSPS) is 28.2. The van der Waals surface area contributed by atoms with E-state index in [1.165, 1.54) is 19.5 Å². The molecule has 4 nitrogen and oxygen atoms in total. The van der Waals surface area contributed by atoms with Crippen molar-refractivity contribution in [1.29, 1.82) is 0 Å². The van der Waals surface area contributed by atoms with Crippen molar-refractivity contribution in [2.45, 2.75) is 37.5 Å². The number of hydrogen-bond acceptors (Lipinski definition) is 4. The number of methoxy groups -OCH3 is 1. The minimum absolute atomic E-state index is 0.00618. The van der Waals surface area contributed by atoms with Crippen molar-refractivity contribution >= 4 is 0 Å². The van der Waals surface area contributed by atoms with Crippen LogP contribution in [0.1, 0.15) is 31.4 Å². The van der Waals surface area contributed by atoms with Crippen molar-refractivity contribution < 1.29 is 23.0 Å². The van der Waals surface area contributed by atoms with E-state index in [1.807, 2.05) is 0 Å². The molecule has 0 bridgehead atoms. The van der Waals surface area contributed by atoms with E-state index in [9.17, 15) is 18.3 Å². The predicted molar refractivity (Wildman–Crippen MR) is 60.5 cm³/mol. The second kappa shape index (κ2) is 4.96. The van der Waals surface area contributed by atoms with Crippen LogP contribution in [0.3, 0.4) is 0 Å². The summed E-state index contributed by atoms with van der Waals surface area (Å²) < 4.78 is 42.8. The fraction of sp³-hybridized carbons (Fsp3) is 0.667. The summed E-state index contributed by atoms with van der Waals surface area (Å²) in [7, 11) is 1.39. The van der Waals surface area contributed by atoms with Crippen LogP contribution in [0.25, 0.3) is 0 Å². The minimum atomic E-state index is -4.20. The monoisotopic (exact) mass is 276 g/mol. The molecule has 106 valence electrons. The first-order valence-electron chi connectivity index (χ1n) is 6.01. The molecular weight excluding hydrogens is 261 g/mol. The van der Waals surface area contributed by atoms with Crippen LogP contribution in [0.2, 0.25) is 0 Å². The Kier molecular flexibility index (Phi) is 3.66. The summed E-state index contributed by atoms with van der Waals surface area (Å²) >= 11 is 0. The molecule has 2 rings (SSSR count). The Morgan fingerprint density at radius 2 is 1.84 bits per heavy atom. The van der Waals surface area contributed by atoms with Gasteiger partial charge in [0, 0.05) is 12.4 Å². The molecule has 1 saturated carbocycles. The Morgan fingerprint density at radius 3 is 2.37 bits per heavy atom. The van der Waals surface area contributed by atoms with Crippen LogP contribution >= 0.6 is 0 Å². The largest absolute Gasteiger partial charge is 0.480 e. The van der Waals surface area contributed by atoms with E-state index in [1.54, 1.807) is 0 Å². The van der Waals surface area contributed by atoms with Crippen LogP contribution < -0.4 is 4.74 Å². The molecule has 0 saturated heterocycles. The fourth-order valence-electron chi connectivity index (χ4n) is 2.45. The summed E-state index contributed by atoms with van der Waals surface area (Å²) in [6.45, 7) is 0. The summed E-state index contributed by atoms with van der Waals surface area (Å²) in [5.74, 6) is -1.19. The van der Waals surface area contributed by atoms with Crippen molar-refractivity contribution in [3.8, 4) is 5.88 Å². The van der Waals surface area contributed by atoms with E-state index in [0.717, 1.165) is 0 Å². The van der Waals surface area contributed by atoms with Crippen LogP contribution in [0.4, 0.5) is 13.2 Å². The SMILES string of the molecule is COc1nccnc1C1(O)CCC(C(F)(F)F)CC1. The summed E-state index contributed by atoms with van der Waals surface area (Å²) in [5.41, 5.74) is -1.17. The van der Waals surface area contributed by atoms with Crippen molar-refractivity contribution in [3.05, 3.63) is 18.1 Å². The first-order valence-corrected chi connectivity index (χ1v) is 6.01. The Balaban J connectivity index is 2.18. The van der Waals surface area contributed by atoms with Gasteiger partial charge < -0.3 is 9.84 Å². The summed E-state index contributed by atoms with van der Waals surface area (Å²) in [6.07, 6.45) is -1.61. The lowest BCUT2D eigenvalue weighted by molar-refractivity contribution is -0.193. The molecule has 0 aromatic carbocycles. The summed E-state index contributed by atoms with van der Waals surface area (Å²) in [4.78, 5) is 7.93. The number of hydrogen-bond donors (Lipinski definition) is 1. The van der Waals surface area contributed by atoms with Gasteiger partial charge in [-0.25, -0.2) is 4.98 Å². The zero-order chi connectivity index (χ0) is 14.1. The third-order valence-electron chi connectivity index (χ3n) is 3.57. The standard InChI is InChI=1S/C12H15F3N2O2/c1-19-10-9(16-6-7-17-10)11(18)4-2-8(3-5-11)12(13,14)15/h6-8,18H,2-5H2,1H3. The quantitative estimate of drug-likeness (QED) is 0.901. The van der Waals surface area contributed by atoms with Gasteiger partial charge in [0.05, 0.1) is 13.0 Å². The summed E-state index contributed by atoms with van der Waals surface area (Å²) in [6, 6.07) is 0. The molecule has 1 fully saturated rings. The van der Waals surface area contributed by atoms with E-state index in [2.05, 4.69) is 9.97 Å². The Hall–Kier alpha value is -1.37. The van der Waals surface area contributed by atoms with Crippen LogP contribution in [-0.2, 0) is 5.60 Å². The maximum atomic E-state index is 12.6. The third-order valence-corrected chi connectivity index (χ3v) is 3.57. The average Bonchev–Trinajstić information content (AvgIpc) is 2.38. The Bertz CT molecular complexity index is 443. The maximum Gasteiger partial charge on any atom is 0.391 e. The maximum absolute atomic E-state index is 12.6. The topological polar surface area (TPSA) is 55.2 Å². The molecule has 1 aliphatic rings. The van der Waals surface area contributed by atoms with Gasteiger partial charge in [0.1, 0.15) is 11.3 Å². The molecule has 1 aromatic heterocycles. The number of alkyl halides is 3. The van der Waals surface area contributed by atoms with E-state index >= 15 is 0 Å². The van der Waals surface area contributed by atoms with E-state index in [-0.39, 0.29) is 37.3 Å². The van der Waals surface area contributed by atoms with Crippen molar-refractivity contribution in [2.24, 2.45) is 5.92 Å². The van der Waals surface area contributed by atoms with Gasteiger partial charge >= 0.3 is 6.18 Å². The van der Waals surface area contributed by atoms with Gasteiger partial charge in [-0.2, -0.15) is 13.2 Å². The third kappa shape index (κ3) is 2.80. The number of halogens is 3. The van der Waals surface area contributed by atoms with Gasteiger partial charge in [0.25, 0.3) is 0 Å². The van der Waals surface area contributed by atoms with Crippen molar-refractivity contribution in [3.63, 3.8) is 0 Å². The molecule has 0 amide bonds. The highest BCUT2D eigenvalue weighted by molar-refractivity contribution is 5.25. The van der Waals surface area contributed by atoms with Gasteiger partial charge in [0.15, 0.2) is 0 Å². The fourth-order valence-corrected chi connectivity index (χ4v) is 2.45. The van der Waals surface area contributed by atoms with Crippen LogP contribution in [0.15, 0.2) is 12.4 Å². The zero-order valence-corrected chi connectivity index (χ0v) is 10.4. The number of nitrogens with zero attached hydrogens (tertiary/aromatic N) is 2. The van der Waals surface area contributed by atoms with Crippen LogP contribution in [-0.4, -0.2) is 28.4 Å². The molecule has 19 heavy (non-hydrogen) atoms. The number of rotatable bonds is 2. The first-order chi connectivity index (χ1) is 8.87. The lowest BCUT2D eigenvalue weighted by Gasteiger charge is -2.36. The molecule has 1 aliphatic carbocycles. The lowest BCUT2D eigenvalue weighted by Crippen LogP contribution is -2.37. The molecular formula is C12H15F3N2O2. The summed E-state index contributed by atoms with van der Waals surface area (Å²) in [5, 5.41) is 10.5. The van der Waals surface area contributed by atoms with Gasteiger partial charge in [-0.1, -0.05) is 0 Å². The Morgan fingerprint density at radius 1 is 1.26 bits per heavy atom. The highest BCUT2D eigenvalue weighted by Crippen LogP contribution is 2.45. The highest BCUT2D eigenvalue weighted by Gasteiger charge is 2.47. The molecule has 1 N–H and O–H groups in total. The number of aromatic nitrogens is 2. The molecule has 7 heteroatoms. The molecule has 0 atom stereocenters.